The molecule has 1 unspecified atom stereocenters. The molecule has 2 rings (SSSR count). The normalized spacial score (nSPS) is 20.8. The van der Waals surface area contributed by atoms with Gasteiger partial charge in [0.2, 0.25) is 5.91 Å². The number of nitrogens with one attached hydrogen (secondary N) is 1. The zero-order chi connectivity index (χ0) is 19.1. The molecule has 0 aromatic heterocycles. The third-order valence-corrected chi connectivity index (χ3v) is 4.99. The van der Waals surface area contributed by atoms with Crippen LogP contribution in [0.1, 0.15) is 31.2 Å². The Bertz CT molecular complexity index is 634. The highest BCUT2D eigenvalue weighted by Gasteiger charge is 2.39. The molecule has 3 atom stereocenters. The minimum Gasteiger partial charge on any atom is -0.481 e. The third-order valence-electron chi connectivity index (χ3n) is 4.99. The number of carbonyl (C=O) groups is 3. The monoisotopic (exact) mass is 362 g/mol. The molecule has 1 fully saturated rings. The first-order chi connectivity index (χ1) is 12.5. The highest BCUT2D eigenvalue weighted by atomic mass is 16.6. The van der Waals surface area contributed by atoms with Crippen LogP contribution in [0.5, 0.6) is 0 Å². The summed E-state index contributed by atoms with van der Waals surface area (Å²) in [6.45, 7) is 0. The number of carboxylic acids is 1. The van der Waals surface area contributed by atoms with Gasteiger partial charge in [-0.2, -0.15) is 0 Å². The summed E-state index contributed by atoms with van der Waals surface area (Å²) in [5.74, 6) is -2.97. The summed E-state index contributed by atoms with van der Waals surface area (Å²) < 4.78 is 0. The fourth-order valence-electron chi connectivity index (χ4n) is 3.55. The van der Waals surface area contributed by atoms with Gasteiger partial charge in [-0.15, -0.1) is 0 Å². The predicted molar refractivity (Wildman–Crippen MR) is 94.9 cm³/mol. The van der Waals surface area contributed by atoms with Crippen LogP contribution in [0.15, 0.2) is 30.3 Å². The molecule has 1 saturated carbocycles. The highest BCUT2D eigenvalue weighted by molar-refractivity contribution is 5.90. The lowest BCUT2D eigenvalue weighted by Crippen LogP contribution is -2.52. The van der Waals surface area contributed by atoms with Crippen LogP contribution in [0, 0.1) is 11.8 Å². The first-order valence-corrected chi connectivity index (χ1v) is 8.82. The number of aliphatic carboxylic acids is 1. The molecular weight excluding hydrogens is 336 g/mol. The first kappa shape index (κ1) is 19.9. The first-order valence-electron chi connectivity index (χ1n) is 8.82. The van der Waals surface area contributed by atoms with Crippen LogP contribution in [0.25, 0.3) is 0 Å². The fraction of sp³-hybridized carbons (Fsp3) is 0.526. The number of nitrogens with zero attached hydrogens (tertiary/aromatic N) is 1. The number of hydrogen-bond acceptors (Lipinski definition) is 4. The van der Waals surface area contributed by atoms with Gasteiger partial charge in [0.15, 0.2) is 0 Å². The summed E-state index contributed by atoms with van der Waals surface area (Å²) >= 11 is 0. The molecule has 7 heteroatoms. The third kappa shape index (κ3) is 4.82. The van der Waals surface area contributed by atoms with Crippen molar-refractivity contribution < 1.29 is 24.3 Å². The second-order valence-corrected chi connectivity index (χ2v) is 6.66. The van der Waals surface area contributed by atoms with Gasteiger partial charge >= 0.3 is 5.97 Å². The van der Waals surface area contributed by atoms with E-state index in [2.05, 4.69) is 5.48 Å². The molecule has 7 nitrogen and oxygen atoms in total. The summed E-state index contributed by atoms with van der Waals surface area (Å²) in [6.07, 6.45) is 2.98. The quantitative estimate of drug-likeness (QED) is 0.719. The summed E-state index contributed by atoms with van der Waals surface area (Å²) in [6, 6.07) is 8.59. The van der Waals surface area contributed by atoms with Crippen LogP contribution in [-0.2, 0) is 25.6 Å². The number of carboxylic acid groups (broad SMARTS) is 1. The topological polar surface area (TPSA) is 95.9 Å². The number of hydrogen-bond donors (Lipinski definition) is 2. The number of carbonyl (C=O) groups excluding carboxylic acids is 2. The number of hydroxylamine groups is 1. The van der Waals surface area contributed by atoms with E-state index in [1.165, 1.54) is 12.0 Å². The molecule has 142 valence electrons. The predicted octanol–water partition coefficient (Wildman–Crippen LogP) is 1.62. The van der Waals surface area contributed by atoms with Crippen LogP contribution in [-0.4, -0.2) is 48.0 Å². The Morgan fingerprint density at radius 3 is 2.38 bits per heavy atom. The molecule has 0 aliphatic heterocycles. The van der Waals surface area contributed by atoms with Gasteiger partial charge in [0.05, 0.1) is 18.9 Å². The molecule has 0 radical (unpaired) electrons. The van der Waals surface area contributed by atoms with Crippen molar-refractivity contribution in [1.82, 2.24) is 10.4 Å². The fourth-order valence-corrected chi connectivity index (χ4v) is 3.55. The minimum atomic E-state index is -0.947. The van der Waals surface area contributed by atoms with E-state index in [9.17, 15) is 19.5 Å². The maximum absolute atomic E-state index is 13.0. The van der Waals surface area contributed by atoms with Crippen LogP contribution in [0.3, 0.4) is 0 Å². The van der Waals surface area contributed by atoms with E-state index in [4.69, 9.17) is 4.84 Å². The number of amides is 2. The number of benzene rings is 1. The van der Waals surface area contributed by atoms with Gasteiger partial charge in [-0.3, -0.25) is 19.2 Å². The van der Waals surface area contributed by atoms with Gasteiger partial charge in [0.1, 0.15) is 6.04 Å². The summed E-state index contributed by atoms with van der Waals surface area (Å²) in [5, 5.41) is 9.44. The Labute approximate surface area is 153 Å². The molecular formula is C19H26N2O5. The summed E-state index contributed by atoms with van der Waals surface area (Å²) in [4.78, 5) is 43.1. The average molecular weight is 362 g/mol. The molecule has 1 aliphatic rings. The molecule has 1 aromatic rings. The molecule has 0 bridgehead atoms. The maximum Gasteiger partial charge on any atom is 0.307 e. The van der Waals surface area contributed by atoms with Gasteiger partial charge in [-0.05, 0) is 18.4 Å². The van der Waals surface area contributed by atoms with Crippen molar-refractivity contribution in [3.63, 3.8) is 0 Å². The van der Waals surface area contributed by atoms with E-state index in [0.717, 1.165) is 18.4 Å². The van der Waals surface area contributed by atoms with E-state index in [0.29, 0.717) is 19.3 Å². The van der Waals surface area contributed by atoms with Gasteiger partial charge in [-0.25, -0.2) is 5.48 Å². The summed E-state index contributed by atoms with van der Waals surface area (Å²) in [5.41, 5.74) is 3.19. The standard InChI is InChI=1S/C19H26N2O5/c1-21(18(23)14-10-6-7-11-15(14)19(24)25)16(17(22)20-26-2)12-13-8-4-3-5-9-13/h3-5,8-9,14-16H,6-7,10-12H2,1-2H3,(H,20,22)(H,24,25)/t14-,15-,16?/m0/s1. The highest BCUT2D eigenvalue weighted by Crippen LogP contribution is 2.32. The van der Waals surface area contributed by atoms with Crippen LogP contribution >= 0.6 is 0 Å². The maximum atomic E-state index is 13.0. The Hall–Kier alpha value is -2.41. The Morgan fingerprint density at radius 2 is 1.81 bits per heavy atom. The smallest absolute Gasteiger partial charge is 0.307 e. The summed E-state index contributed by atoms with van der Waals surface area (Å²) in [7, 11) is 2.89. The van der Waals surface area contributed by atoms with Crippen LogP contribution < -0.4 is 5.48 Å². The molecule has 26 heavy (non-hydrogen) atoms. The van der Waals surface area contributed by atoms with Crippen molar-refractivity contribution in [2.75, 3.05) is 14.2 Å². The van der Waals surface area contributed by atoms with Gasteiger partial charge in [0, 0.05) is 13.5 Å². The SMILES string of the molecule is CONC(=O)C(Cc1ccccc1)N(C)C(=O)[C@H]1CCCC[C@@H]1C(=O)O. The van der Waals surface area contributed by atoms with Crippen LogP contribution in [0.2, 0.25) is 0 Å². The average Bonchev–Trinajstić information content (AvgIpc) is 2.66. The van der Waals surface area contributed by atoms with Gasteiger partial charge in [0.25, 0.3) is 5.91 Å². The molecule has 1 aromatic carbocycles. The van der Waals surface area contributed by atoms with E-state index < -0.39 is 29.8 Å². The van der Waals surface area contributed by atoms with Crippen molar-refractivity contribution in [2.45, 2.75) is 38.1 Å². The zero-order valence-electron chi connectivity index (χ0n) is 15.2. The van der Waals surface area contributed by atoms with Crippen molar-refractivity contribution in [3.05, 3.63) is 35.9 Å². The van der Waals surface area contributed by atoms with Crippen molar-refractivity contribution in [3.8, 4) is 0 Å². The second kappa shape index (κ2) is 9.33. The largest absolute Gasteiger partial charge is 0.481 e. The molecule has 0 spiro atoms. The molecule has 0 heterocycles. The molecule has 2 amide bonds. The van der Waals surface area contributed by atoms with Crippen LogP contribution in [0.4, 0.5) is 0 Å². The van der Waals surface area contributed by atoms with Gasteiger partial charge < -0.3 is 10.0 Å². The van der Waals surface area contributed by atoms with Crippen molar-refractivity contribution in [2.24, 2.45) is 11.8 Å². The van der Waals surface area contributed by atoms with Gasteiger partial charge in [-0.1, -0.05) is 43.2 Å². The lowest BCUT2D eigenvalue weighted by Gasteiger charge is -2.34. The molecule has 2 N–H and O–H groups in total. The second-order valence-electron chi connectivity index (χ2n) is 6.66. The van der Waals surface area contributed by atoms with E-state index in [1.54, 1.807) is 7.05 Å². The van der Waals surface area contributed by atoms with Crippen molar-refractivity contribution >= 4 is 17.8 Å². The Morgan fingerprint density at radius 1 is 1.19 bits per heavy atom. The Kier molecular flexibility index (Phi) is 7.15. The number of likely N-dealkylation sites (N-methyl/N-ethyl adjacent to an activating group) is 1. The van der Waals surface area contributed by atoms with E-state index >= 15 is 0 Å². The van der Waals surface area contributed by atoms with E-state index in [1.807, 2.05) is 30.3 Å². The molecule has 0 saturated heterocycles. The van der Waals surface area contributed by atoms with E-state index in [-0.39, 0.29) is 5.91 Å². The minimum absolute atomic E-state index is 0.302. The zero-order valence-corrected chi connectivity index (χ0v) is 15.2. The van der Waals surface area contributed by atoms with Crippen molar-refractivity contribution in [1.29, 1.82) is 0 Å². The lowest BCUT2D eigenvalue weighted by molar-refractivity contribution is -0.154. The molecule has 1 aliphatic carbocycles. The lowest BCUT2D eigenvalue weighted by atomic mass is 9.78. The number of rotatable bonds is 7. The Balaban J connectivity index is 2.20.